The molecule has 106 valence electrons. The maximum absolute atomic E-state index is 12.3. The van der Waals surface area contributed by atoms with Gasteiger partial charge in [-0.05, 0) is 18.9 Å². The summed E-state index contributed by atoms with van der Waals surface area (Å²) in [5, 5.41) is 3.95. The van der Waals surface area contributed by atoms with Crippen LogP contribution < -0.4 is 11.1 Å². The Kier molecular flexibility index (Phi) is 3.63. The molecule has 0 aliphatic carbocycles. The van der Waals surface area contributed by atoms with Crippen molar-refractivity contribution in [2.45, 2.75) is 13.3 Å². The average molecular weight is 290 g/mol. The van der Waals surface area contributed by atoms with Crippen LogP contribution in [0.25, 0.3) is 10.1 Å². The summed E-state index contributed by atoms with van der Waals surface area (Å²) in [4.78, 5) is 12.9. The molecule has 20 heavy (non-hydrogen) atoms. The van der Waals surface area contributed by atoms with E-state index in [1.54, 1.807) is 0 Å². The highest BCUT2D eigenvalue weighted by Gasteiger charge is 2.20. The number of nitrogens with one attached hydrogen (secondary N) is 1. The molecule has 3 N–H and O–H groups in total. The zero-order valence-corrected chi connectivity index (χ0v) is 12.3. The number of hydrogen-bond acceptors (Lipinski definition) is 4. The minimum Gasteiger partial charge on any atom is -0.397 e. The molecule has 1 aromatic heterocycles. The van der Waals surface area contributed by atoms with E-state index >= 15 is 0 Å². The first-order valence-electron chi connectivity index (χ1n) is 6.80. The van der Waals surface area contributed by atoms with Gasteiger partial charge in [-0.15, -0.1) is 11.3 Å². The summed E-state index contributed by atoms with van der Waals surface area (Å²) in [5.41, 5.74) is 7.86. The van der Waals surface area contributed by atoms with Crippen molar-refractivity contribution in [3.8, 4) is 0 Å². The molecular weight excluding hydrogens is 272 g/mol. The summed E-state index contributed by atoms with van der Waals surface area (Å²) < 4.78 is 6.41. The fourth-order valence-corrected chi connectivity index (χ4v) is 3.62. The van der Waals surface area contributed by atoms with E-state index in [1.165, 1.54) is 11.3 Å². The Morgan fingerprint density at radius 3 is 3.10 bits per heavy atom. The second-order valence-corrected chi connectivity index (χ2v) is 6.26. The van der Waals surface area contributed by atoms with Crippen LogP contribution in [0.5, 0.6) is 0 Å². The molecule has 5 heteroatoms. The lowest BCUT2D eigenvalue weighted by atomic mass is 10.1. The third-order valence-electron chi connectivity index (χ3n) is 3.73. The number of nitrogen functional groups attached to an aromatic ring is 1. The van der Waals surface area contributed by atoms with Crippen molar-refractivity contribution in [1.29, 1.82) is 0 Å². The minimum absolute atomic E-state index is 0.0741. The summed E-state index contributed by atoms with van der Waals surface area (Å²) in [6.45, 7) is 4.23. The molecule has 1 unspecified atom stereocenters. The van der Waals surface area contributed by atoms with Crippen molar-refractivity contribution in [2.24, 2.45) is 5.92 Å². The van der Waals surface area contributed by atoms with Gasteiger partial charge in [-0.3, -0.25) is 4.79 Å². The molecule has 4 nitrogen and oxygen atoms in total. The van der Waals surface area contributed by atoms with Crippen LogP contribution in [0, 0.1) is 12.8 Å². The molecule has 1 fully saturated rings. The summed E-state index contributed by atoms with van der Waals surface area (Å²) in [6, 6.07) is 5.98. The van der Waals surface area contributed by atoms with E-state index in [4.69, 9.17) is 10.5 Å². The second kappa shape index (κ2) is 5.42. The van der Waals surface area contributed by atoms with Crippen molar-refractivity contribution in [3.05, 3.63) is 28.6 Å². The number of carbonyl (C=O) groups is 1. The van der Waals surface area contributed by atoms with Crippen molar-refractivity contribution in [2.75, 3.05) is 25.5 Å². The van der Waals surface area contributed by atoms with Crippen LogP contribution in [0.4, 0.5) is 5.69 Å². The van der Waals surface area contributed by atoms with E-state index in [-0.39, 0.29) is 5.91 Å². The van der Waals surface area contributed by atoms with Gasteiger partial charge in [0.05, 0.1) is 12.3 Å². The van der Waals surface area contributed by atoms with Gasteiger partial charge in [0.25, 0.3) is 5.91 Å². The highest BCUT2D eigenvalue weighted by Crippen LogP contribution is 2.35. The van der Waals surface area contributed by atoms with E-state index < -0.39 is 0 Å². The summed E-state index contributed by atoms with van der Waals surface area (Å²) in [7, 11) is 0. The van der Waals surface area contributed by atoms with Gasteiger partial charge in [-0.25, -0.2) is 0 Å². The predicted molar refractivity (Wildman–Crippen MR) is 82.2 cm³/mol. The number of carbonyl (C=O) groups excluding carboxylic acids is 1. The second-order valence-electron chi connectivity index (χ2n) is 5.24. The number of benzene rings is 1. The smallest absolute Gasteiger partial charge is 0.263 e. The molecule has 1 aliphatic heterocycles. The largest absolute Gasteiger partial charge is 0.397 e. The Morgan fingerprint density at radius 1 is 1.55 bits per heavy atom. The molecule has 1 atom stereocenters. The Balaban J connectivity index is 1.80. The number of thiophene rings is 1. The van der Waals surface area contributed by atoms with Gasteiger partial charge in [0.1, 0.15) is 4.88 Å². The standard InChI is InChI=1S/C15H18N2O2S/c1-9-3-2-4-11-12(16)14(20-13(9)11)15(18)17-7-10-5-6-19-8-10/h2-4,10H,5-8,16H2,1H3,(H,17,18). The first-order chi connectivity index (χ1) is 9.66. The highest BCUT2D eigenvalue weighted by atomic mass is 32.1. The molecule has 0 saturated carbocycles. The van der Waals surface area contributed by atoms with Gasteiger partial charge >= 0.3 is 0 Å². The summed E-state index contributed by atoms with van der Waals surface area (Å²) in [6.07, 6.45) is 1.02. The number of hydrogen-bond donors (Lipinski definition) is 2. The minimum atomic E-state index is -0.0741. The molecule has 0 bridgehead atoms. The topological polar surface area (TPSA) is 64.4 Å². The first-order valence-corrected chi connectivity index (χ1v) is 7.62. The van der Waals surface area contributed by atoms with Gasteiger partial charge in [-0.1, -0.05) is 18.2 Å². The lowest BCUT2D eigenvalue weighted by molar-refractivity contribution is 0.0950. The molecule has 2 heterocycles. The van der Waals surface area contributed by atoms with E-state index in [2.05, 4.69) is 5.32 Å². The van der Waals surface area contributed by atoms with Crippen LogP contribution in [0.1, 0.15) is 21.7 Å². The Bertz CT molecular complexity index is 645. The van der Waals surface area contributed by atoms with Crippen LogP contribution >= 0.6 is 11.3 Å². The molecule has 1 saturated heterocycles. The van der Waals surface area contributed by atoms with Crippen LogP contribution in [0.3, 0.4) is 0 Å². The molecular formula is C15H18N2O2S. The number of rotatable bonds is 3. The molecule has 0 spiro atoms. The SMILES string of the molecule is Cc1cccc2c(N)c(C(=O)NCC3CCOC3)sc12. The third-order valence-corrected chi connectivity index (χ3v) is 5.09. The number of nitrogens with two attached hydrogens (primary N) is 1. The molecule has 2 aromatic rings. The number of anilines is 1. The van der Waals surface area contributed by atoms with Crippen molar-refractivity contribution < 1.29 is 9.53 Å². The summed E-state index contributed by atoms with van der Waals surface area (Å²) in [5.74, 6) is 0.353. The lowest BCUT2D eigenvalue weighted by Gasteiger charge is -2.08. The van der Waals surface area contributed by atoms with Crippen molar-refractivity contribution >= 4 is 33.0 Å². The maximum atomic E-state index is 12.3. The molecule has 0 radical (unpaired) electrons. The van der Waals surface area contributed by atoms with Crippen molar-refractivity contribution in [3.63, 3.8) is 0 Å². The average Bonchev–Trinajstić information content (AvgIpc) is 3.06. The van der Waals surface area contributed by atoms with E-state index in [0.29, 0.717) is 23.0 Å². The molecule has 1 aliphatic rings. The number of fused-ring (bicyclic) bond motifs is 1. The van der Waals surface area contributed by atoms with Crippen LogP contribution in [-0.4, -0.2) is 25.7 Å². The normalized spacial score (nSPS) is 18.6. The molecule has 3 rings (SSSR count). The third kappa shape index (κ3) is 2.39. The van der Waals surface area contributed by atoms with Gasteiger partial charge in [0.15, 0.2) is 0 Å². The van der Waals surface area contributed by atoms with Gasteiger partial charge in [0.2, 0.25) is 0 Å². The molecule has 1 amide bonds. The Hall–Kier alpha value is -1.59. The zero-order chi connectivity index (χ0) is 14.1. The van der Waals surface area contributed by atoms with Crippen LogP contribution in [0.15, 0.2) is 18.2 Å². The van der Waals surface area contributed by atoms with E-state index in [1.807, 2.05) is 25.1 Å². The Morgan fingerprint density at radius 2 is 2.40 bits per heavy atom. The van der Waals surface area contributed by atoms with Gasteiger partial charge < -0.3 is 15.8 Å². The number of aryl methyl sites for hydroxylation is 1. The maximum Gasteiger partial charge on any atom is 0.263 e. The molecule has 1 aromatic carbocycles. The predicted octanol–water partition coefficient (Wildman–Crippen LogP) is 2.56. The number of ether oxygens (including phenoxy) is 1. The van der Waals surface area contributed by atoms with E-state index in [9.17, 15) is 4.79 Å². The highest BCUT2D eigenvalue weighted by molar-refractivity contribution is 7.21. The van der Waals surface area contributed by atoms with Crippen molar-refractivity contribution in [1.82, 2.24) is 5.32 Å². The van der Waals surface area contributed by atoms with Crippen LogP contribution in [-0.2, 0) is 4.74 Å². The fraction of sp³-hybridized carbons (Fsp3) is 0.400. The lowest BCUT2D eigenvalue weighted by Crippen LogP contribution is -2.29. The monoisotopic (exact) mass is 290 g/mol. The van der Waals surface area contributed by atoms with Gasteiger partial charge in [0, 0.05) is 29.2 Å². The fourth-order valence-electron chi connectivity index (χ4n) is 2.51. The quantitative estimate of drug-likeness (QED) is 0.913. The van der Waals surface area contributed by atoms with Gasteiger partial charge in [-0.2, -0.15) is 0 Å². The Labute approximate surface area is 121 Å². The summed E-state index contributed by atoms with van der Waals surface area (Å²) >= 11 is 1.47. The first kappa shape index (κ1) is 13.4. The van der Waals surface area contributed by atoms with E-state index in [0.717, 1.165) is 35.3 Å². The number of amides is 1. The zero-order valence-electron chi connectivity index (χ0n) is 11.4. The van der Waals surface area contributed by atoms with Crippen LogP contribution in [0.2, 0.25) is 0 Å².